The van der Waals surface area contributed by atoms with Crippen molar-refractivity contribution >= 4 is 57.6 Å². The van der Waals surface area contributed by atoms with Gasteiger partial charge in [-0.05, 0) is 90.5 Å². The number of anilines is 3. The van der Waals surface area contributed by atoms with Gasteiger partial charge in [-0.1, -0.05) is 153 Å². The third-order valence-electron chi connectivity index (χ3n) is 10.9. The van der Waals surface area contributed by atoms with Gasteiger partial charge in [-0.3, -0.25) is 0 Å². The molecule has 0 N–H and O–H groups in total. The van der Waals surface area contributed by atoms with Gasteiger partial charge in [0, 0.05) is 20.9 Å². The Morgan fingerprint density at radius 3 is 1.60 bits per heavy atom. The fourth-order valence-corrected chi connectivity index (χ4v) is 16.2. The molecule has 3 aliphatic heterocycles. The first-order chi connectivity index (χ1) is 23.6. The quantitative estimate of drug-likeness (QED) is 0.172. The van der Waals surface area contributed by atoms with Crippen LogP contribution in [0.4, 0.5) is 17.1 Å². The van der Waals surface area contributed by atoms with E-state index in [2.05, 4.69) is 183 Å². The van der Waals surface area contributed by atoms with Crippen LogP contribution in [0.25, 0.3) is 22.3 Å². The topological polar surface area (TPSA) is 3.24 Å². The van der Waals surface area contributed by atoms with Crippen LogP contribution >= 0.6 is 11.8 Å². The van der Waals surface area contributed by atoms with Gasteiger partial charge in [0.25, 0.3) is 0 Å². The van der Waals surface area contributed by atoms with Crippen LogP contribution in [-0.4, -0.2) is 8.07 Å². The van der Waals surface area contributed by atoms with Crippen molar-refractivity contribution in [2.75, 3.05) is 4.90 Å². The summed E-state index contributed by atoms with van der Waals surface area (Å²) in [5, 5.41) is 6.04. The van der Waals surface area contributed by atoms with Crippen molar-refractivity contribution < 1.29 is 0 Å². The highest BCUT2D eigenvalue weighted by Crippen LogP contribution is 2.51. The zero-order valence-electron chi connectivity index (χ0n) is 26.9. The van der Waals surface area contributed by atoms with Crippen LogP contribution in [0.1, 0.15) is 25.0 Å². The maximum absolute atomic E-state index is 2.54. The van der Waals surface area contributed by atoms with Gasteiger partial charge in [0.1, 0.15) is 0 Å². The lowest BCUT2D eigenvalue weighted by Crippen LogP contribution is -2.74. The fraction of sp³-hybridized carbons (Fsp3) is 0.0667. The molecule has 0 atom stereocenters. The molecular weight excluding hydrogens is 615 g/mol. The summed E-state index contributed by atoms with van der Waals surface area (Å²) in [5.41, 5.74) is 11.6. The van der Waals surface area contributed by atoms with Gasteiger partial charge in [-0.15, -0.1) is 0 Å². The molecule has 0 unspecified atom stereocenters. The first-order valence-corrected chi connectivity index (χ1v) is 19.6. The standard InChI is InChI=1S/C45H33NSSi/c1-45(2)35-14-4-6-16-37(35)46(38-17-7-5-15-36(38)45)32-26-23-30(24-27-32)31-25-28-34-33-13-3-10-20-41(33)48(44(34)29-31)42-21-11-8-18-39(42)47-40-19-9-12-22-43(40)48/h3-29H,1-2H3. The van der Waals surface area contributed by atoms with E-state index in [0.717, 1.165) is 0 Å². The van der Waals surface area contributed by atoms with E-state index in [0.29, 0.717) is 0 Å². The van der Waals surface area contributed by atoms with E-state index in [9.17, 15) is 0 Å². The number of para-hydroxylation sites is 2. The first-order valence-electron chi connectivity index (χ1n) is 16.8. The molecule has 7 aromatic rings. The molecule has 0 amide bonds. The van der Waals surface area contributed by atoms with E-state index in [-0.39, 0.29) is 5.41 Å². The second kappa shape index (κ2) is 10.2. The van der Waals surface area contributed by atoms with Crippen LogP contribution in [0, 0.1) is 0 Å². The summed E-state index contributed by atoms with van der Waals surface area (Å²) in [7, 11) is -2.53. The highest BCUT2D eigenvalue weighted by atomic mass is 32.2. The lowest BCUT2D eigenvalue weighted by Gasteiger charge is -2.42. The Hall–Kier alpha value is -5.09. The van der Waals surface area contributed by atoms with Crippen molar-refractivity contribution in [3.8, 4) is 22.3 Å². The SMILES string of the molecule is CC1(C)c2ccccc2N(c2ccc(-c3ccc4c(c3)[Si]3(c5ccccc5Sc5ccccc53)c3ccccc3-4)cc2)c2ccccc21. The number of fused-ring (bicyclic) bond motifs is 11. The molecule has 3 heterocycles. The Kier molecular flexibility index (Phi) is 5.94. The third kappa shape index (κ3) is 3.69. The summed E-state index contributed by atoms with van der Waals surface area (Å²) >= 11 is 1.93. The van der Waals surface area contributed by atoms with Gasteiger partial charge in [0.2, 0.25) is 0 Å². The van der Waals surface area contributed by atoms with Gasteiger partial charge in [-0.25, -0.2) is 0 Å². The fourth-order valence-electron chi connectivity index (χ4n) is 8.78. The van der Waals surface area contributed by atoms with Crippen LogP contribution in [-0.2, 0) is 5.41 Å². The molecule has 0 aliphatic carbocycles. The Morgan fingerprint density at radius 1 is 0.458 bits per heavy atom. The summed E-state index contributed by atoms with van der Waals surface area (Å²) in [4.78, 5) is 5.23. The van der Waals surface area contributed by atoms with Crippen LogP contribution < -0.4 is 25.6 Å². The molecule has 1 nitrogen and oxygen atoms in total. The molecular formula is C45H33NSSi. The highest BCUT2D eigenvalue weighted by Gasteiger charge is 2.52. The Labute approximate surface area is 287 Å². The maximum Gasteiger partial charge on any atom is 0.183 e. The van der Waals surface area contributed by atoms with Crippen molar-refractivity contribution in [2.45, 2.75) is 29.1 Å². The third-order valence-corrected chi connectivity index (χ3v) is 17.4. The van der Waals surface area contributed by atoms with Gasteiger partial charge >= 0.3 is 0 Å². The van der Waals surface area contributed by atoms with E-state index in [1.807, 2.05) is 11.8 Å². The smallest absolute Gasteiger partial charge is 0.183 e. The molecule has 228 valence electrons. The number of hydrogen-bond donors (Lipinski definition) is 0. The minimum Gasteiger partial charge on any atom is -0.310 e. The molecule has 0 saturated carbocycles. The van der Waals surface area contributed by atoms with E-state index in [4.69, 9.17) is 0 Å². The van der Waals surface area contributed by atoms with E-state index >= 15 is 0 Å². The molecule has 0 radical (unpaired) electrons. The molecule has 10 rings (SSSR count). The van der Waals surface area contributed by atoms with E-state index < -0.39 is 8.07 Å². The second-order valence-corrected chi connectivity index (χ2v) is 18.4. The van der Waals surface area contributed by atoms with Crippen molar-refractivity contribution in [3.05, 3.63) is 175 Å². The lowest BCUT2D eigenvalue weighted by molar-refractivity contribution is 0.632. The molecule has 1 spiro atoms. The Bertz CT molecular complexity index is 2330. The molecule has 0 bridgehead atoms. The monoisotopic (exact) mass is 647 g/mol. The number of rotatable bonds is 2. The molecule has 48 heavy (non-hydrogen) atoms. The average Bonchev–Trinajstić information content (AvgIpc) is 3.42. The normalized spacial score (nSPS) is 15.5. The predicted octanol–water partition coefficient (Wildman–Crippen LogP) is 9.29. The summed E-state index contributed by atoms with van der Waals surface area (Å²) in [6.07, 6.45) is 0. The molecule has 0 fully saturated rings. The van der Waals surface area contributed by atoms with Gasteiger partial charge in [0.05, 0.1) is 11.4 Å². The van der Waals surface area contributed by atoms with E-state index in [1.54, 1.807) is 0 Å². The lowest BCUT2D eigenvalue weighted by atomic mass is 9.73. The van der Waals surface area contributed by atoms with Crippen molar-refractivity contribution in [1.82, 2.24) is 0 Å². The summed E-state index contributed by atoms with van der Waals surface area (Å²) in [5.74, 6) is 0. The zero-order valence-corrected chi connectivity index (χ0v) is 28.8. The summed E-state index contributed by atoms with van der Waals surface area (Å²) in [6.45, 7) is 4.68. The van der Waals surface area contributed by atoms with Crippen molar-refractivity contribution in [3.63, 3.8) is 0 Å². The molecule has 0 aromatic heterocycles. The van der Waals surface area contributed by atoms with Crippen molar-refractivity contribution in [2.24, 2.45) is 0 Å². The van der Waals surface area contributed by atoms with Crippen molar-refractivity contribution in [1.29, 1.82) is 0 Å². The van der Waals surface area contributed by atoms with Crippen LogP contribution in [0.3, 0.4) is 0 Å². The van der Waals surface area contributed by atoms with Gasteiger partial charge < -0.3 is 4.90 Å². The zero-order chi connectivity index (χ0) is 32.0. The highest BCUT2D eigenvalue weighted by molar-refractivity contribution is 8.00. The maximum atomic E-state index is 2.54. The second-order valence-electron chi connectivity index (χ2n) is 13.7. The van der Waals surface area contributed by atoms with Gasteiger partial charge in [-0.2, -0.15) is 0 Å². The van der Waals surface area contributed by atoms with Gasteiger partial charge in [0.15, 0.2) is 8.07 Å². The minimum absolute atomic E-state index is 0.0691. The molecule has 7 aromatic carbocycles. The summed E-state index contributed by atoms with van der Waals surface area (Å²) < 4.78 is 0. The number of hydrogen-bond acceptors (Lipinski definition) is 2. The first kappa shape index (κ1) is 28.0. The van der Waals surface area contributed by atoms with Crippen LogP contribution in [0.5, 0.6) is 0 Å². The largest absolute Gasteiger partial charge is 0.310 e. The van der Waals surface area contributed by atoms with E-state index in [1.165, 1.54) is 81.0 Å². The van der Waals surface area contributed by atoms with Crippen LogP contribution in [0.2, 0.25) is 0 Å². The molecule has 3 aliphatic rings. The Morgan fingerprint density at radius 2 is 0.958 bits per heavy atom. The Balaban J connectivity index is 1.14. The molecule has 3 heteroatoms. The number of nitrogens with zero attached hydrogens (tertiary/aromatic N) is 1. The van der Waals surface area contributed by atoms with Crippen LogP contribution in [0.15, 0.2) is 174 Å². The predicted molar refractivity (Wildman–Crippen MR) is 205 cm³/mol. The summed E-state index contributed by atoms with van der Waals surface area (Å²) in [6, 6.07) is 61.8. The average molecular weight is 648 g/mol. The molecule has 0 saturated heterocycles. The number of benzene rings is 7. The minimum atomic E-state index is -2.53.